The highest BCUT2D eigenvalue weighted by Gasteiger charge is 2.39. The first-order valence-electron chi connectivity index (χ1n) is 10.5. The Labute approximate surface area is 182 Å². The van der Waals surface area contributed by atoms with E-state index in [0.29, 0.717) is 31.2 Å². The Morgan fingerprint density at radius 3 is 2.70 bits per heavy atom. The van der Waals surface area contributed by atoms with Gasteiger partial charge in [0.2, 0.25) is 15.9 Å². The molecule has 3 heterocycles. The van der Waals surface area contributed by atoms with Gasteiger partial charge in [0.05, 0.1) is 29.1 Å². The van der Waals surface area contributed by atoms with Gasteiger partial charge in [-0.1, -0.05) is 17.8 Å². The highest BCUT2D eigenvalue weighted by atomic mass is 32.2. The van der Waals surface area contributed by atoms with Crippen molar-refractivity contribution in [3.63, 3.8) is 0 Å². The van der Waals surface area contributed by atoms with Crippen LogP contribution in [0.4, 0.5) is 5.13 Å². The zero-order valence-electron chi connectivity index (χ0n) is 17.8. The van der Waals surface area contributed by atoms with Crippen LogP contribution in [0, 0.1) is 13.8 Å². The molecule has 164 valence electrons. The van der Waals surface area contributed by atoms with Crippen LogP contribution in [-0.2, 0) is 19.6 Å². The molecule has 0 aliphatic carbocycles. The molecule has 0 spiro atoms. The van der Waals surface area contributed by atoms with Crippen molar-refractivity contribution < 1.29 is 17.9 Å². The Bertz CT molecular complexity index is 1000. The van der Waals surface area contributed by atoms with E-state index < -0.39 is 16.1 Å². The zero-order valence-corrected chi connectivity index (χ0v) is 19.4. The summed E-state index contributed by atoms with van der Waals surface area (Å²) < 4.78 is 32.9. The molecule has 4 rings (SSSR count). The lowest BCUT2D eigenvalue weighted by atomic mass is 10.0. The summed E-state index contributed by atoms with van der Waals surface area (Å²) in [5.74, 6) is -0.192. The molecule has 2 aliphatic rings. The van der Waals surface area contributed by atoms with Crippen molar-refractivity contribution in [2.75, 3.05) is 30.9 Å². The maximum absolute atomic E-state index is 13.7. The number of carbonyl (C=O) groups is 1. The standard InChI is InChI=1S/C21H29N3O4S2/c1-14-11-17-19(12-15(14)2)29-21(22-17)23(13-16-7-6-10-28-16)20(25)18-8-4-5-9-24(18)30(3,26)27/h11-12,16,18H,4-10,13H2,1-3H3. The van der Waals surface area contributed by atoms with Crippen LogP contribution in [0.3, 0.4) is 0 Å². The number of anilines is 1. The van der Waals surface area contributed by atoms with E-state index in [1.165, 1.54) is 27.5 Å². The van der Waals surface area contributed by atoms with Crippen molar-refractivity contribution in [2.24, 2.45) is 0 Å². The summed E-state index contributed by atoms with van der Waals surface area (Å²) in [4.78, 5) is 20.1. The summed E-state index contributed by atoms with van der Waals surface area (Å²) in [6.45, 7) is 5.61. The molecule has 0 saturated carbocycles. The van der Waals surface area contributed by atoms with Crippen LogP contribution in [0.5, 0.6) is 0 Å². The van der Waals surface area contributed by atoms with E-state index in [4.69, 9.17) is 9.72 Å². The van der Waals surface area contributed by atoms with Gasteiger partial charge in [-0.15, -0.1) is 0 Å². The van der Waals surface area contributed by atoms with Crippen molar-refractivity contribution in [1.82, 2.24) is 9.29 Å². The molecule has 30 heavy (non-hydrogen) atoms. The van der Waals surface area contributed by atoms with Gasteiger partial charge in [-0.05, 0) is 62.8 Å². The predicted molar refractivity (Wildman–Crippen MR) is 120 cm³/mol. The van der Waals surface area contributed by atoms with Gasteiger partial charge < -0.3 is 4.74 Å². The van der Waals surface area contributed by atoms with Gasteiger partial charge in [0.15, 0.2) is 5.13 Å². The van der Waals surface area contributed by atoms with Gasteiger partial charge in [0.1, 0.15) is 6.04 Å². The monoisotopic (exact) mass is 451 g/mol. The Hall–Kier alpha value is -1.55. The van der Waals surface area contributed by atoms with Gasteiger partial charge >= 0.3 is 0 Å². The number of hydrogen-bond donors (Lipinski definition) is 0. The molecule has 9 heteroatoms. The van der Waals surface area contributed by atoms with Gasteiger partial charge in [-0.25, -0.2) is 13.4 Å². The maximum Gasteiger partial charge on any atom is 0.247 e. The van der Waals surface area contributed by atoms with Crippen LogP contribution in [-0.4, -0.2) is 61.7 Å². The number of piperidine rings is 1. The lowest BCUT2D eigenvalue weighted by Gasteiger charge is -2.35. The third-order valence-corrected chi connectivity index (χ3v) is 8.39. The topological polar surface area (TPSA) is 79.8 Å². The number of amides is 1. The Morgan fingerprint density at radius 2 is 2.00 bits per heavy atom. The van der Waals surface area contributed by atoms with Crippen LogP contribution < -0.4 is 4.90 Å². The average molecular weight is 452 g/mol. The van der Waals surface area contributed by atoms with Crippen LogP contribution in [0.1, 0.15) is 43.2 Å². The van der Waals surface area contributed by atoms with Gasteiger partial charge in [-0.2, -0.15) is 4.31 Å². The molecule has 2 aromatic rings. The number of hydrogen-bond acceptors (Lipinski definition) is 6. The number of rotatable bonds is 5. The van der Waals surface area contributed by atoms with Crippen molar-refractivity contribution in [1.29, 1.82) is 0 Å². The van der Waals surface area contributed by atoms with E-state index in [1.54, 1.807) is 4.90 Å². The number of nitrogens with zero attached hydrogens (tertiary/aromatic N) is 3. The van der Waals surface area contributed by atoms with E-state index in [9.17, 15) is 13.2 Å². The summed E-state index contributed by atoms with van der Waals surface area (Å²) in [5.41, 5.74) is 3.21. The first-order valence-corrected chi connectivity index (χ1v) is 13.2. The summed E-state index contributed by atoms with van der Waals surface area (Å²) in [6.07, 6.45) is 5.18. The molecule has 2 fully saturated rings. The van der Waals surface area contributed by atoms with E-state index in [1.807, 2.05) is 6.07 Å². The highest BCUT2D eigenvalue weighted by molar-refractivity contribution is 7.88. The Kier molecular flexibility index (Phi) is 6.16. The van der Waals surface area contributed by atoms with Gasteiger partial charge in [0.25, 0.3) is 0 Å². The zero-order chi connectivity index (χ0) is 21.5. The second-order valence-corrected chi connectivity index (χ2v) is 11.3. The molecule has 0 N–H and O–H groups in total. The quantitative estimate of drug-likeness (QED) is 0.697. The molecule has 7 nitrogen and oxygen atoms in total. The second-order valence-electron chi connectivity index (χ2n) is 8.37. The van der Waals surface area contributed by atoms with Crippen LogP contribution >= 0.6 is 11.3 Å². The van der Waals surface area contributed by atoms with E-state index in [0.717, 1.165) is 41.5 Å². The molecule has 0 bridgehead atoms. The third-order valence-electron chi connectivity index (χ3n) is 6.06. The number of sulfonamides is 1. The number of fused-ring (bicyclic) bond motifs is 1. The lowest BCUT2D eigenvalue weighted by molar-refractivity contribution is -0.123. The van der Waals surface area contributed by atoms with E-state index in [-0.39, 0.29) is 12.0 Å². The molecule has 1 amide bonds. The fourth-order valence-electron chi connectivity index (χ4n) is 4.27. The fraction of sp³-hybridized carbons (Fsp3) is 0.619. The lowest BCUT2D eigenvalue weighted by Crippen LogP contribution is -2.54. The number of aromatic nitrogens is 1. The van der Waals surface area contributed by atoms with Gasteiger partial charge in [0, 0.05) is 13.2 Å². The van der Waals surface area contributed by atoms with Crippen molar-refractivity contribution in [3.05, 3.63) is 23.3 Å². The Morgan fingerprint density at radius 1 is 1.23 bits per heavy atom. The number of benzene rings is 1. The average Bonchev–Trinajstić information content (AvgIpc) is 3.35. The van der Waals surface area contributed by atoms with Crippen LogP contribution in [0.2, 0.25) is 0 Å². The van der Waals surface area contributed by atoms with Crippen LogP contribution in [0.15, 0.2) is 12.1 Å². The maximum atomic E-state index is 13.7. The molecule has 2 unspecified atom stereocenters. The Balaban J connectivity index is 1.71. The minimum absolute atomic E-state index is 0.0419. The third kappa shape index (κ3) is 4.39. The minimum atomic E-state index is -3.46. The second kappa shape index (κ2) is 8.53. The summed E-state index contributed by atoms with van der Waals surface area (Å²) >= 11 is 1.48. The summed E-state index contributed by atoms with van der Waals surface area (Å²) in [7, 11) is -3.46. The molecule has 1 aromatic carbocycles. The normalized spacial score (nSPS) is 23.2. The first kappa shape index (κ1) is 21.7. The molecule has 2 aliphatic heterocycles. The minimum Gasteiger partial charge on any atom is -0.376 e. The van der Waals surface area contributed by atoms with Crippen molar-refractivity contribution in [3.8, 4) is 0 Å². The number of thiazole rings is 1. The number of aryl methyl sites for hydroxylation is 2. The summed E-state index contributed by atoms with van der Waals surface area (Å²) in [5, 5.41) is 0.620. The van der Waals surface area contributed by atoms with Gasteiger partial charge in [-0.3, -0.25) is 9.69 Å². The fourth-order valence-corrected chi connectivity index (χ4v) is 6.45. The molecule has 2 atom stereocenters. The van der Waals surface area contributed by atoms with E-state index in [2.05, 4.69) is 19.9 Å². The number of carbonyl (C=O) groups excluding carboxylic acids is 1. The SMILES string of the molecule is Cc1cc2nc(N(CC3CCCO3)C(=O)C3CCCCN3S(C)(=O)=O)sc2cc1C. The molecule has 2 saturated heterocycles. The first-order chi connectivity index (χ1) is 14.2. The highest BCUT2D eigenvalue weighted by Crippen LogP contribution is 2.33. The molecular formula is C21H29N3O4S2. The number of ether oxygens (including phenoxy) is 1. The summed E-state index contributed by atoms with van der Waals surface area (Å²) in [6, 6.07) is 3.47. The molecule has 0 radical (unpaired) electrons. The van der Waals surface area contributed by atoms with E-state index >= 15 is 0 Å². The molecular weight excluding hydrogens is 422 g/mol. The smallest absolute Gasteiger partial charge is 0.247 e. The molecule has 1 aromatic heterocycles. The van der Waals surface area contributed by atoms with Crippen molar-refractivity contribution >= 4 is 42.6 Å². The predicted octanol–water partition coefficient (Wildman–Crippen LogP) is 3.24. The van der Waals surface area contributed by atoms with Crippen molar-refractivity contribution in [2.45, 2.75) is 58.1 Å². The largest absolute Gasteiger partial charge is 0.376 e. The van der Waals surface area contributed by atoms with Crippen LogP contribution in [0.25, 0.3) is 10.2 Å².